The molecule has 5 nitrogen and oxygen atoms in total. The van der Waals surface area contributed by atoms with Crippen LogP contribution in [0.25, 0.3) is 11.0 Å². The fourth-order valence-electron chi connectivity index (χ4n) is 2.58. The summed E-state index contributed by atoms with van der Waals surface area (Å²) in [7, 11) is 0. The summed E-state index contributed by atoms with van der Waals surface area (Å²) in [5, 5.41) is 8.47. The molecule has 0 spiro atoms. The molecule has 0 amide bonds. The summed E-state index contributed by atoms with van der Waals surface area (Å²) in [5.74, 6) is 2.23. The quantitative estimate of drug-likeness (QED) is 0.776. The number of rotatable bonds is 5. The van der Waals surface area contributed by atoms with Gasteiger partial charge >= 0.3 is 0 Å². The molecule has 0 aliphatic heterocycles. The Labute approximate surface area is 123 Å². The molecule has 2 heterocycles. The van der Waals surface area contributed by atoms with Gasteiger partial charge in [-0.25, -0.2) is 0 Å². The molecule has 1 aromatic carbocycles. The molecule has 0 saturated heterocycles. The van der Waals surface area contributed by atoms with Crippen LogP contribution in [-0.2, 0) is 13.0 Å². The third-order valence-corrected chi connectivity index (χ3v) is 3.61. The second-order valence-corrected chi connectivity index (χ2v) is 5.13. The van der Waals surface area contributed by atoms with Crippen molar-refractivity contribution in [2.24, 2.45) is 0 Å². The zero-order valence-electron chi connectivity index (χ0n) is 12.5. The van der Waals surface area contributed by atoms with Crippen LogP contribution in [-0.4, -0.2) is 10.1 Å². The maximum atomic E-state index is 6.02. The SMILES string of the molecule is CCc1c(C(C)NCc2noc(C)n2)oc2ccccc12. The molecule has 1 N–H and O–H groups in total. The lowest BCUT2D eigenvalue weighted by Gasteiger charge is -2.11. The van der Waals surface area contributed by atoms with E-state index in [4.69, 9.17) is 8.94 Å². The van der Waals surface area contributed by atoms with Gasteiger partial charge in [0, 0.05) is 17.9 Å². The first kappa shape index (κ1) is 13.8. The van der Waals surface area contributed by atoms with Crippen LogP contribution in [0.2, 0.25) is 0 Å². The maximum absolute atomic E-state index is 6.02. The number of furan rings is 1. The van der Waals surface area contributed by atoms with E-state index in [1.165, 1.54) is 10.9 Å². The van der Waals surface area contributed by atoms with Crippen molar-refractivity contribution in [1.29, 1.82) is 0 Å². The van der Waals surface area contributed by atoms with Gasteiger partial charge in [-0.15, -0.1) is 0 Å². The van der Waals surface area contributed by atoms with Crippen LogP contribution in [0.4, 0.5) is 0 Å². The van der Waals surface area contributed by atoms with Crippen molar-refractivity contribution in [3.05, 3.63) is 47.3 Å². The van der Waals surface area contributed by atoms with Crippen molar-refractivity contribution < 1.29 is 8.94 Å². The van der Waals surface area contributed by atoms with Gasteiger partial charge in [0.25, 0.3) is 0 Å². The monoisotopic (exact) mass is 285 g/mol. The van der Waals surface area contributed by atoms with Gasteiger partial charge in [-0.1, -0.05) is 30.3 Å². The molecule has 0 aliphatic carbocycles. The number of benzene rings is 1. The van der Waals surface area contributed by atoms with E-state index in [0.717, 1.165) is 17.8 Å². The molecule has 21 heavy (non-hydrogen) atoms. The van der Waals surface area contributed by atoms with E-state index in [2.05, 4.69) is 35.4 Å². The van der Waals surface area contributed by atoms with E-state index in [-0.39, 0.29) is 6.04 Å². The van der Waals surface area contributed by atoms with Gasteiger partial charge < -0.3 is 14.3 Å². The van der Waals surface area contributed by atoms with Crippen LogP contribution >= 0.6 is 0 Å². The Morgan fingerprint density at radius 1 is 1.29 bits per heavy atom. The number of aryl methyl sites for hydroxylation is 2. The highest BCUT2D eigenvalue weighted by molar-refractivity contribution is 5.82. The Hall–Kier alpha value is -2.14. The summed E-state index contributed by atoms with van der Waals surface area (Å²) in [6.07, 6.45) is 0.944. The number of fused-ring (bicyclic) bond motifs is 1. The number of para-hydroxylation sites is 1. The molecule has 1 unspecified atom stereocenters. The van der Waals surface area contributed by atoms with E-state index < -0.39 is 0 Å². The second-order valence-electron chi connectivity index (χ2n) is 5.13. The lowest BCUT2D eigenvalue weighted by atomic mass is 10.1. The van der Waals surface area contributed by atoms with E-state index in [9.17, 15) is 0 Å². The van der Waals surface area contributed by atoms with E-state index in [1.807, 2.05) is 18.2 Å². The molecule has 2 aromatic heterocycles. The maximum Gasteiger partial charge on any atom is 0.223 e. The Kier molecular flexibility index (Phi) is 3.75. The third-order valence-electron chi connectivity index (χ3n) is 3.61. The Balaban J connectivity index is 1.82. The zero-order chi connectivity index (χ0) is 14.8. The molecule has 0 saturated carbocycles. The Morgan fingerprint density at radius 3 is 2.81 bits per heavy atom. The summed E-state index contributed by atoms with van der Waals surface area (Å²) in [6, 6.07) is 8.24. The van der Waals surface area contributed by atoms with Crippen molar-refractivity contribution >= 4 is 11.0 Å². The predicted molar refractivity (Wildman–Crippen MR) is 79.9 cm³/mol. The molecule has 3 rings (SSSR count). The van der Waals surface area contributed by atoms with E-state index in [1.54, 1.807) is 6.92 Å². The van der Waals surface area contributed by atoms with Crippen LogP contribution in [0.1, 0.15) is 42.9 Å². The summed E-state index contributed by atoms with van der Waals surface area (Å²) in [4.78, 5) is 4.19. The minimum absolute atomic E-state index is 0.0890. The first-order valence-corrected chi connectivity index (χ1v) is 7.22. The van der Waals surface area contributed by atoms with Crippen molar-refractivity contribution in [2.75, 3.05) is 0 Å². The van der Waals surface area contributed by atoms with Crippen molar-refractivity contribution in [2.45, 2.75) is 39.8 Å². The molecular formula is C16H19N3O2. The number of aromatic nitrogens is 2. The summed E-state index contributed by atoms with van der Waals surface area (Å²) in [5.41, 5.74) is 2.20. The van der Waals surface area contributed by atoms with Gasteiger partial charge in [-0.3, -0.25) is 0 Å². The van der Waals surface area contributed by atoms with Crippen LogP contribution in [0.3, 0.4) is 0 Å². The average Bonchev–Trinajstić information content (AvgIpc) is 3.07. The standard InChI is InChI=1S/C16H19N3O2/c1-4-12-13-7-5-6-8-14(13)20-16(12)10(2)17-9-15-18-11(3)21-19-15/h5-8,10,17H,4,9H2,1-3H3. The first-order chi connectivity index (χ1) is 10.2. The van der Waals surface area contributed by atoms with Crippen molar-refractivity contribution in [1.82, 2.24) is 15.5 Å². The molecule has 0 bridgehead atoms. The van der Waals surface area contributed by atoms with Gasteiger partial charge in [0.15, 0.2) is 5.82 Å². The second kappa shape index (κ2) is 5.69. The molecule has 5 heteroatoms. The summed E-state index contributed by atoms with van der Waals surface area (Å²) < 4.78 is 11.0. The first-order valence-electron chi connectivity index (χ1n) is 7.22. The molecule has 0 radical (unpaired) electrons. The van der Waals surface area contributed by atoms with Gasteiger partial charge in [-0.05, 0) is 19.4 Å². The largest absolute Gasteiger partial charge is 0.459 e. The summed E-state index contributed by atoms with van der Waals surface area (Å²) in [6.45, 7) is 6.58. The van der Waals surface area contributed by atoms with Crippen molar-refractivity contribution in [3.8, 4) is 0 Å². The smallest absolute Gasteiger partial charge is 0.223 e. The third kappa shape index (κ3) is 2.69. The average molecular weight is 285 g/mol. The van der Waals surface area contributed by atoms with Crippen LogP contribution in [0, 0.1) is 6.92 Å². The fourth-order valence-corrected chi connectivity index (χ4v) is 2.58. The highest BCUT2D eigenvalue weighted by atomic mass is 16.5. The molecule has 110 valence electrons. The molecular weight excluding hydrogens is 266 g/mol. The lowest BCUT2D eigenvalue weighted by Crippen LogP contribution is -2.19. The molecule has 1 atom stereocenters. The summed E-state index contributed by atoms with van der Waals surface area (Å²) >= 11 is 0. The number of hydrogen-bond acceptors (Lipinski definition) is 5. The van der Waals surface area contributed by atoms with E-state index >= 15 is 0 Å². The Morgan fingerprint density at radius 2 is 2.10 bits per heavy atom. The fraction of sp³-hybridized carbons (Fsp3) is 0.375. The highest BCUT2D eigenvalue weighted by Crippen LogP contribution is 2.30. The zero-order valence-corrected chi connectivity index (χ0v) is 12.5. The minimum Gasteiger partial charge on any atom is -0.459 e. The number of hydrogen-bond donors (Lipinski definition) is 1. The minimum atomic E-state index is 0.0890. The molecule has 3 aromatic rings. The number of nitrogens with one attached hydrogen (secondary N) is 1. The van der Waals surface area contributed by atoms with Crippen LogP contribution in [0.15, 0.2) is 33.2 Å². The van der Waals surface area contributed by atoms with Crippen LogP contribution in [0.5, 0.6) is 0 Å². The predicted octanol–water partition coefficient (Wildman–Crippen LogP) is 3.54. The van der Waals surface area contributed by atoms with Gasteiger partial charge in [0.05, 0.1) is 12.6 Å². The van der Waals surface area contributed by atoms with Crippen LogP contribution < -0.4 is 5.32 Å². The normalized spacial score (nSPS) is 12.9. The van der Waals surface area contributed by atoms with Gasteiger partial charge in [-0.2, -0.15) is 4.98 Å². The van der Waals surface area contributed by atoms with E-state index in [0.29, 0.717) is 18.3 Å². The topological polar surface area (TPSA) is 64.1 Å². The number of nitrogens with zero attached hydrogens (tertiary/aromatic N) is 2. The lowest BCUT2D eigenvalue weighted by molar-refractivity contribution is 0.381. The Bertz CT molecular complexity index is 745. The van der Waals surface area contributed by atoms with Gasteiger partial charge in [0.1, 0.15) is 11.3 Å². The molecule has 0 aliphatic rings. The van der Waals surface area contributed by atoms with Gasteiger partial charge in [0.2, 0.25) is 5.89 Å². The molecule has 0 fully saturated rings. The highest BCUT2D eigenvalue weighted by Gasteiger charge is 2.18. The van der Waals surface area contributed by atoms with Crippen molar-refractivity contribution in [3.63, 3.8) is 0 Å².